The predicted molar refractivity (Wildman–Crippen MR) is 131 cm³/mol. The van der Waals surface area contributed by atoms with Crippen LogP contribution in [0.5, 0.6) is 0 Å². The summed E-state index contributed by atoms with van der Waals surface area (Å²) in [5, 5.41) is 11.5. The molecule has 4 N–H and O–H groups in total. The van der Waals surface area contributed by atoms with Gasteiger partial charge in [-0.2, -0.15) is 0 Å². The molecule has 11 nitrogen and oxygen atoms in total. The number of carboxylic acid groups (broad SMARTS) is 1. The standard InChI is InChI=1S/C13H26NO6P.C8H19O4P/c1-8(2)6-11(15)14-12(13(16)17)10(5)20-21(18,19)7-9(3)4;1-7(2)5-11-13(9,10)12-6-8(3)4/h8-10,12H,6-7H2,1-5H3,(H,14,15)(H,16,17)(H,18,19);7-8H,5-6H2,1-4H3,(H,9,10). The molecule has 0 rings (SSSR count). The molecule has 204 valence electrons. The van der Waals surface area contributed by atoms with Crippen LogP contribution in [0.25, 0.3) is 0 Å². The van der Waals surface area contributed by atoms with E-state index in [1.54, 1.807) is 13.8 Å². The third kappa shape index (κ3) is 20.6. The van der Waals surface area contributed by atoms with E-state index < -0.39 is 39.4 Å². The molecule has 0 saturated carbocycles. The maximum Gasteiger partial charge on any atom is 0.472 e. The number of nitrogens with one attached hydrogen (secondary N) is 1. The molecular weight excluding hydrogens is 488 g/mol. The first-order valence-corrected chi connectivity index (χ1v) is 14.7. The summed E-state index contributed by atoms with van der Waals surface area (Å²) in [6.07, 6.45) is -0.990. The Hall–Kier alpha value is -0.800. The quantitative estimate of drug-likeness (QED) is 0.223. The summed E-state index contributed by atoms with van der Waals surface area (Å²) < 4.78 is 37.4. The number of phosphoric ester groups is 1. The lowest BCUT2D eigenvalue weighted by atomic mass is 10.1. The maximum atomic E-state index is 11.9. The predicted octanol–water partition coefficient (Wildman–Crippen LogP) is 4.28. The number of phosphoric acid groups is 1. The molecule has 0 bridgehead atoms. The fourth-order valence-electron chi connectivity index (χ4n) is 2.33. The Kier molecular flexibility index (Phi) is 17.5. The average molecular weight is 534 g/mol. The fourth-order valence-corrected chi connectivity index (χ4v) is 5.03. The Morgan fingerprint density at radius 2 is 1.24 bits per heavy atom. The Morgan fingerprint density at radius 3 is 1.56 bits per heavy atom. The monoisotopic (exact) mass is 533 g/mol. The first-order chi connectivity index (χ1) is 15.3. The number of hydrogen-bond donors (Lipinski definition) is 4. The Labute approximate surface area is 204 Å². The largest absolute Gasteiger partial charge is 0.480 e. The van der Waals surface area contributed by atoms with E-state index in [1.807, 2.05) is 41.5 Å². The van der Waals surface area contributed by atoms with Crippen LogP contribution in [0.3, 0.4) is 0 Å². The van der Waals surface area contributed by atoms with Crippen molar-refractivity contribution in [1.29, 1.82) is 0 Å². The van der Waals surface area contributed by atoms with Gasteiger partial charge in [-0.15, -0.1) is 0 Å². The number of aliphatic carboxylic acids is 1. The molecular formula is C21H45NO10P2. The maximum absolute atomic E-state index is 11.9. The van der Waals surface area contributed by atoms with Crippen LogP contribution in [0.4, 0.5) is 0 Å². The SMILES string of the molecule is CC(C)CC(=O)NC(C(=O)O)C(C)OP(=O)(O)CC(C)C.CC(C)COP(=O)(O)OCC(C)C. The molecule has 0 aromatic rings. The fraction of sp³-hybridized carbons (Fsp3) is 0.905. The zero-order chi connectivity index (χ0) is 27.3. The summed E-state index contributed by atoms with van der Waals surface area (Å²) in [4.78, 5) is 41.7. The molecule has 1 amide bonds. The van der Waals surface area contributed by atoms with Crippen LogP contribution in [0, 0.1) is 23.7 Å². The molecule has 3 atom stereocenters. The third-order valence-electron chi connectivity index (χ3n) is 3.71. The van der Waals surface area contributed by atoms with E-state index >= 15 is 0 Å². The third-order valence-corrected chi connectivity index (χ3v) is 6.52. The van der Waals surface area contributed by atoms with Crippen LogP contribution >= 0.6 is 15.4 Å². The zero-order valence-electron chi connectivity index (χ0n) is 21.9. The van der Waals surface area contributed by atoms with Crippen molar-refractivity contribution in [1.82, 2.24) is 5.32 Å². The molecule has 34 heavy (non-hydrogen) atoms. The highest BCUT2D eigenvalue weighted by atomic mass is 31.2. The Morgan fingerprint density at radius 1 is 0.794 bits per heavy atom. The van der Waals surface area contributed by atoms with Crippen molar-refractivity contribution >= 4 is 27.3 Å². The van der Waals surface area contributed by atoms with Crippen LogP contribution in [-0.2, 0) is 32.3 Å². The number of hydrogen-bond acceptors (Lipinski definition) is 7. The molecule has 0 heterocycles. The minimum Gasteiger partial charge on any atom is -0.480 e. The molecule has 0 aliphatic heterocycles. The smallest absolute Gasteiger partial charge is 0.472 e. The van der Waals surface area contributed by atoms with Gasteiger partial charge in [-0.05, 0) is 30.6 Å². The van der Waals surface area contributed by atoms with Crippen LogP contribution in [0.15, 0.2) is 0 Å². The highest BCUT2D eigenvalue weighted by Gasteiger charge is 2.33. The lowest BCUT2D eigenvalue weighted by Crippen LogP contribution is -2.48. The summed E-state index contributed by atoms with van der Waals surface area (Å²) >= 11 is 0. The summed E-state index contributed by atoms with van der Waals surface area (Å²) in [5.74, 6) is -1.26. The van der Waals surface area contributed by atoms with Gasteiger partial charge < -0.3 is 24.7 Å². The normalized spacial score (nSPS) is 15.6. The highest BCUT2D eigenvalue weighted by Crippen LogP contribution is 2.45. The second kappa shape index (κ2) is 16.8. The van der Waals surface area contributed by atoms with Crippen molar-refractivity contribution in [2.75, 3.05) is 19.4 Å². The molecule has 0 radical (unpaired) electrons. The van der Waals surface area contributed by atoms with Crippen molar-refractivity contribution < 1.29 is 47.2 Å². The van der Waals surface area contributed by atoms with Gasteiger partial charge in [0.05, 0.1) is 25.5 Å². The first kappa shape index (κ1) is 35.4. The number of carbonyl (C=O) groups is 2. The number of rotatable bonds is 15. The minimum absolute atomic E-state index is 0.0631. The molecule has 0 spiro atoms. The van der Waals surface area contributed by atoms with Crippen molar-refractivity contribution in [3.8, 4) is 0 Å². The topological polar surface area (TPSA) is 169 Å². The van der Waals surface area contributed by atoms with E-state index in [4.69, 9.17) is 23.6 Å². The number of amides is 1. The summed E-state index contributed by atoms with van der Waals surface area (Å²) in [6.45, 7) is 16.6. The molecule has 0 aliphatic rings. The number of carboxylic acids is 1. The van der Waals surface area contributed by atoms with Gasteiger partial charge in [0.2, 0.25) is 5.91 Å². The van der Waals surface area contributed by atoms with Gasteiger partial charge in [-0.1, -0.05) is 55.4 Å². The van der Waals surface area contributed by atoms with Crippen LogP contribution in [0.1, 0.15) is 68.7 Å². The van der Waals surface area contributed by atoms with Crippen molar-refractivity contribution in [3.05, 3.63) is 0 Å². The molecule has 0 aromatic carbocycles. The van der Waals surface area contributed by atoms with Crippen LogP contribution in [0.2, 0.25) is 0 Å². The van der Waals surface area contributed by atoms with Gasteiger partial charge >= 0.3 is 21.4 Å². The second-order valence-electron chi connectivity index (χ2n) is 9.85. The summed E-state index contributed by atoms with van der Waals surface area (Å²) in [7, 11) is -7.68. The van der Waals surface area contributed by atoms with Gasteiger partial charge in [0.25, 0.3) is 0 Å². The first-order valence-electron chi connectivity index (χ1n) is 11.4. The minimum atomic E-state index is -3.88. The molecule has 0 aliphatic carbocycles. The number of carbonyl (C=O) groups excluding carboxylic acids is 1. The summed E-state index contributed by atoms with van der Waals surface area (Å²) in [6, 6.07) is -1.36. The average Bonchev–Trinajstić information content (AvgIpc) is 2.61. The van der Waals surface area contributed by atoms with E-state index in [-0.39, 0.29) is 49.5 Å². The van der Waals surface area contributed by atoms with Crippen LogP contribution < -0.4 is 5.32 Å². The lowest BCUT2D eigenvalue weighted by molar-refractivity contribution is -0.144. The zero-order valence-corrected chi connectivity index (χ0v) is 23.7. The van der Waals surface area contributed by atoms with E-state index in [0.29, 0.717) is 0 Å². The van der Waals surface area contributed by atoms with Gasteiger partial charge in [-0.3, -0.25) is 18.4 Å². The molecule has 3 unspecified atom stereocenters. The van der Waals surface area contributed by atoms with Crippen LogP contribution in [-0.4, -0.2) is 58.3 Å². The van der Waals surface area contributed by atoms with Gasteiger partial charge in [0, 0.05) is 6.42 Å². The summed E-state index contributed by atoms with van der Waals surface area (Å²) in [5.41, 5.74) is 0. The van der Waals surface area contributed by atoms with Crippen molar-refractivity contribution in [3.63, 3.8) is 0 Å². The molecule has 0 saturated heterocycles. The van der Waals surface area contributed by atoms with Crippen molar-refractivity contribution in [2.45, 2.75) is 80.9 Å². The van der Waals surface area contributed by atoms with Gasteiger partial charge in [-0.25, -0.2) is 9.36 Å². The van der Waals surface area contributed by atoms with Gasteiger partial charge in [0.15, 0.2) is 6.04 Å². The molecule has 0 aromatic heterocycles. The van der Waals surface area contributed by atoms with E-state index in [0.717, 1.165) is 0 Å². The second-order valence-corrected chi connectivity index (χ2v) is 13.2. The Balaban J connectivity index is 0. The van der Waals surface area contributed by atoms with Crippen molar-refractivity contribution in [2.24, 2.45) is 23.7 Å². The van der Waals surface area contributed by atoms with E-state index in [1.165, 1.54) is 6.92 Å². The molecule has 0 fully saturated rings. The van der Waals surface area contributed by atoms with Gasteiger partial charge in [0.1, 0.15) is 0 Å². The molecule has 13 heteroatoms. The van der Waals surface area contributed by atoms with E-state index in [2.05, 4.69) is 5.32 Å². The highest BCUT2D eigenvalue weighted by molar-refractivity contribution is 7.52. The Bertz CT molecular complexity index is 681. The lowest BCUT2D eigenvalue weighted by Gasteiger charge is -2.25. The van der Waals surface area contributed by atoms with E-state index in [9.17, 15) is 23.6 Å².